The first-order chi connectivity index (χ1) is 8.54. The average molecular weight is 282 g/mol. The highest BCUT2D eigenvalue weighted by Crippen LogP contribution is 2.23. The molecule has 106 valence electrons. The molecule has 0 aromatic heterocycles. The molecule has 0 radical (unpaired) electrons. The lowest BCUT2D eigenvalue weighted by molar-refractivity contribution is -0.119. The minimum absolute atomic E-state index is 0.0178. The summed E-state index contributed by atoms with van der Waals surface area (Å²) in [7, 11) is -3.52. The lowest BCUT2D eigenvalue weighted by atomic mass is 9.87. The van der Waals surface area contributed by atoms with E-state index in [-0.39, 0.29) is 22.0 Å². The normalized spacial score (nSPS) is 12.7. The Balaban J connectivity index is 3.01. The zero-order valence-electron chi connectivity index (χ0n) is 12.2. The summed E-state index contributed by atoms with van der Waals surface area (Å²) < 4.78 is 24.2. The van der Waals surface area contributed by atoms with Crippen molar-refractivity contribution < 1.29 is 13.2 Å². The van der Waals surface area contributed by atoms with E-state index in [0.29, 0.717) is 0 Å². The summed E-state index contributed by atoms with van der Waals surface area (Å²) in [6, 6.07) is 6.80. The molecule has 0 atom stereocenters. The number of carbonyl (C=O) groups excluding carboxylic acids is 1. The third-order valence-corrected chi connectivity index (χ3v) is 4.71. The van der Waals surface area contributed by atoms with E-state index in [1.807, 2.05) is 12.1 Å². The van der Waals surface area contributed by atoms with Crippen LogP contribution in [0.3, 0.4) is 0 Å². The number of hydrogen-bond donors (Lipinski definition) is 0. The number of benzene rings is 1. The molecule has 0 saturated heterocycles. The summed E-state index contributed by atoms with van der Waals surface area (Å²) in [4.78, 5) is 11.8. The number of Topliss-reactive ketones (excluding diaryl/α,β-unsaturated/α-hetero) is 1. The molecule has 0 amide bonds. The van der Waals surface area contributed by atoms with Crippen LogP contribution in [0.2, 0.25) is 0 Å². The quantitative estimate of drug-likeness (QED) is 0.853. The maximum atomic E-state index is 12.1. The van der Waals surface area contributed by atoms with Gasteiger partial charge >= 0.3 is 0 Å². The fraction of sp³-hybridized carbons (Fsp3) is 0.533. The number of carbonyl (C=O) groups is 1. The molecule has 3 nitrogen and oxygen atoms in total. The highest BCUT2D eigenvalue weighted by molar-refractivity contribution is 7.92. The van der Waals surface area contributed by atoms with Crippen molar-refractivity contribution >= 4 is 15.6 Å². The minimum atomic E-state index is -3.52. The number of rotatable bonds is 4. The Morgan fingerprint density at radius 3 is 1.95 bits per heavy atom. The monoisotopic (exact) mass is 282 g/mol. The van der Waals surface area contributed by atoms with Gasteiger partial charge < -0.3 is 0 Å². The van der Waals surface area contributed by atoms with Gasteiger partial charge in [-0.1, -0.05) is 46.8 Å². The smallest absolute Gasteiger partial charge is 0.185 e. The van der Waals surface area contributed by atoms with Gasteiger partial charge in [-0.3, -0.25) is 4.79 Å². The van der Waals surface area contributed by atoms with Crippen LogP contribution in [-0.2, 0) is 20.0 Å². The van der Waals surface area contributed by atoms with Crippen LogP contribution in [-0.4, -0.2) is 20.0 Å². The first-order valence-electron chi connectivity index (χ1n) is 6.40. The van der Waals surface area contributed by atoms with E-state index in [1.165, 1.54) is 0 Å². The molecule has 0 unspecified atom stereocenters. The molecule has 0 N–H and O–H groups in total. The van der Waals surface area contributed by atoms with Crippen LogP contribution in [0.15, 0.2) is 29.2 Å². The predicted octanol–water partition coefficient (Wildman–Crippen LogP) is 2.98. The van der Waals surface area contributed by atoms with Gasteiger partial charge in [0.15, 0.2) is 15.6 Å². The molecule has 1 aromatic rings. The Kier molecular flexibility index (Phi) is 4.56. The van der Waals surface area contributed by atoms with Gasteiger partial charge in [-0.15, -0.1) is 0 Å². The van der Waals surface area contributed by atoms with E-state index in [4.69, 9.17) is 0 Å². The van der Waals surface area contributed by atoms with Crippen LogP contribution in [0, 0.1) is 5.92 Å². The molecule has 0 bridgehead atoms. The van der Waals surface area contributed by atoms with Gasteiger partial charge in [0.1, 0.15) is 5.75 Å². The van der Waals surface area contributed by atoms with Gasteiger partial charge in [0.2, 0.25) is 0 Å². The van der Waals surface area contributed by atoms with Crippen LogP contribution >= 0.6 is 0 Å². The molecule has 0 spiro atoms. The fourth-order valence-corrected chi connectivity index (χ4v) is 3.02. The molecule has 1 rings (SSSR count). The highest BCUT2D eigenvalue weighted by Gasteiger charge is 2.22. The number of sulfone groups is 1. The minimum Gasteiger partial charge on any atom is -0.298 e. The zero-order valence-corrected chi connectivity index (χ0v) is 13.0. The molecule has 0 heterocycles. The Morgan fingerprint density at radius 1 is 1.11 bits per heavy atom. The summed E-state index contributed by atoms with van der Waals surface area (Å²) in [5.74, 6) is -0.928. The molecule has 0 fully saturated rings. The topological polar surface area (TPSA) is 51.2 Å². The van der Waals surface area contributed by atoms with Crippen molar-refractivity contribution in [3.63, 3.8) is 0 Å². The third-order valence-electron chi connectivity index (χ3n) is 3.06. The maximum absolute atomic E-state index is 12.1. The Morgan fingerprint density at radius 2 is 1.58 bits per heavy atom. The molecule has 0 aliphatic rings. The molecule has 19 heavy (non-hydrogen) atoms. The average Bonchev–Trinajstić information content (AvgIpc) is 2.27. The maximum Gasteiger partial charge on any atom is 0.185 e. The first kappa shape index (κ1) is 15.9. The van der Waals surface area contributed by atoms with Crippen molar-refractivity contribution in [1.82, 2.24) is 0 Å². The van der Waals surface area contributed by atoms with E-state index < -0.39 is 15.6 Å². The van der Waals surface area contributed by atoms with Gasteiger partial charge in [-0.2, -0.15) is 0 Å². The largest absolute Gasteiger partial charge is 0.298 e. The third kappa shape index (κ3) is 4.16. The Hall–Kier alpha value is -1.16. The fourth-order valence-electron chi connectivity index (χ4n) is 1.60. The summed E-state index contributed by atoms with van der Waals surface area (Å²) in [5, 5.41) is 0. The van der Waals surface area contributed by atoms with Crippen LogP contribution < -0.4 is 0 Å². The number of hydrogen-bond acceptors (Lipinski definition) is 3. The summed E-state index contributed by atoms with van der Waals surface area (Å²) in [6.07, 6.45) is 0. The Bertz CT molecular complexity index is 546. The second-order valence-electron chi connectivity index (χ2n) is 6.15. The van der Waals surface area contributed by atoms with E-state index in [2.05, 4.69) is 20.8 Å². The SMILES string of the molecule is CC(C)C(=O)CS(=O)(=O)c1ccc(C(C)(C)C)cc1. The molecule has 1 aromatic carbocycles. The molecular formula is C15H22O3S. The molecular weight excluding hydrogens is 260 g/mol. The van der Waals surface area contributed by atoms with E-state index in [9.17, 15) is 13.2 Å². The number of ketones is 1. The predicted molar refractivity (Wildman–Crippen MR) is 77.0 cm³/mol. The van der Waals surface area contributed by atoms with Crippen LogP contribution in [0.4, 0.5) is 0 Å². The lowest BCUT2D eigenvalue weighted by Crippen LogP contribution is -2.20. The van der Waals surface area contributed by atoms with E-state index in [1.54, 1.807) is 26.0 Å². The van der Waals surface area contributed by atoms with Gasteiger partial charge in [-0.05, 0) is 23.1 Å². The van der Waals surface area contributed by atoms with Crippen LogP contribution in [0.5, 0.6) is 0 Å². The molecule has 4 heteroatoms. The Labute approximate surface area is 116 Å². The van der Waals surface area contributed by atoms with Crippen LogP contribution in [0.25, 0.3) is 0 Å². The summed E-state index contributed by atoms with van der Waals surface area (Å²) in [6.45, 7) is 9.62. The molecule has 0 aliphatic heterocycles. The first-order valence-corrected chi connectivity index (χ1v) is 8.05. The van der Waals surface area contributed by atoms with Crippen molar-refractivity contribution in [2.75, 3.05) is 5.75 Å². The van der Waals surface area contributed by atoms with Gasteiger partial charge in [-0.25, -0.2) is 8.42 Å². The van der Waals surface area contributed by atoms with E-state index in [0.717, 1.165) is 5.56 Å². The highest BCUT2D eigenvalue weighted by atomic mass is 32.2. The van der Waals surface area contributed by atoms with Gasteiger partial charge in [0, 0.05) is 5.92 Å². The summed E-state index contributed by atoms with van der Waals surface area (Å²) >= 11 is 0. The van der Waals surface area contributed by atoms with E-state index >= 15 is 0 Å². The van der Waals surface area contributed by atoms with Crippen molar-refractivity contribution in [2.45, 2.75) is 44.9 Å². The van der Waals surface area contributed by atoms with Crippen molar-refractivity contribution in [2.24, 2.45) is 5.92 Å². The van der Waals surface area contributed by atoms with Gasteiger partial charge in [0.05, 0.1) is 4.90 Å². The lowest BCUT2D eigenvalue weighted by Gasteiger charge is -2.19. The van der Waals surface area contributed by atoms with Crippen molar-refractivity contribution in [1.29, 1.82) is 0 Å². The molecule has 0 aliphatic carbocycles. The second-order valence-corrected chi connectivity index (χ2v) is 8.14. The molecule has 0 saturated carbocycles. The standard InChI is InChI=1S/C15H22O3S/c1-11(2)14(16)10-19(17,18)13-8-6-12(7-9-13)15(3,4)5/h6-9,11H,10H2,1-5H3. The van der Waals surface area contributed by atoms with Gasteiger partial charge in [0.25, 0.3) is 0 Å². The second kappa shape index (κ2) is 5.45. The summed E-state index contributed by atoms with van der Waals surface area (Å²) in [5.41, 5.74) is 1.05. The van der Waals surface area contributed by atoms with Crippen LogP contribution in [0.1, 0.15) is 40.2 Å². The van der Waals surface area contributed by atoms with Crippen molar-refractivity contribution in [3.05, 3.63) is 29.8 Å². The zero-order chi connectivity index (χ0) is 14.8. The van der Waals surface area contributed by atoms with Crippen molar-refractivity contribution in [3.8, 4) is 0 Å².